The van der Waals surface area contributed by atoms with Crippen LogP contribution in [-0.2, 0) is 23.0 Å². The van der Waals surface area contributed by atoms with Crippen LogP contribution in [0.1, 0.15) is 153 Å². The normalized spacial score (nSPS) is 12.0. The Hall–Kier alpha value is -1.39. The molecule has 0 unspecified atom stereocenters. The maximum Gasteiger partial charge on any atom is 0.294 e. The summed E-state index contributed by atoms with van der Waals surface area (Å²) in [6, 6.07) is 9.59. The van der Waals surface area contributed by atoms with E-state index in [0.717, 1.165) is 30.0 Å². The van der Waals surface area contributed by atoms with Crippen LogP contribution in [0.4, 0.5) is 0 Å². The number of fused-ring (bicyclic) bond motifs is 1. The van der Waals surface area contributed by atoms with Gasteiger partial charge in [-0.05, 0) is 59.7 Å². The molecule has 38 heavy (non-hydrogen) atoms. The second kappa shape index (κ2) is 19.6. The van der Waals surface area contributed by atoms with E-state index in [1.807, 2.05) is 6.07 Å². The van der Waals surface area contributed by atoms with Gasteiger partial charge < -0.3 is 0 Å². The molecule has 0 fully saturated rings. The topological polar surface area (TPSA) is 54.4 Å². The van der Waals surface area contributed by atoms with Crippen molar-refractivity contribution in [3.8, 4) is 0 Å². The summed E-state index contributed by atoms with van der Waals surface area (Å²) >= 11 is 0. The summed E-state index contributed by atoms with van der Waals surface area (Å²) < 4.78 is 33.1. The van der Waals surface area contributed by atoms with Crippen molar-refractivity contribution in [3.05, 3.63) is 41.5 Å². The lowest BCUT2D eigenvalue weighted by Crippen LogP contribution is -1.99. The maximum absolute atomic E-state index is 11.8. The first-order valence-corrected chi connectivity index (χ1v) is 17.4. The molecule has 0 bridgehead atoms. The van der Waals surface area contributed by atoms with E-state index in [4.69, 9.17) is 0 Å². The first kappa shape index (κ1) is 32.8. The molecule has 0 aliphatic carbocycles. The van der Waals surface area contributed by atoms with Gasteiger partial charge in [-0.25, -0.2) is 0 Å². The van der Waals surface area contributed by atoms with E-state index in [1.165, 1.54) is 139 Å². The van der Waals surface area contributed by atoms with Crippen LogP contribution in [0.5, 0.6) is 0 Å². The predicted octanol–water partition coefficient (Wildman–Crippen LogP) is 11.0. The van der Waals surface area contributed by atoms with Gasteiger partial charge in [0.05, 0.1) is 4.90 Å². The molecule has 1 N–H and O–H groups in total. The van der Waals surface area contributed by atoms with Crippen LogP contribution in [-0.4, -0.2) is 13.0 Å². The van der Waals surface area contributed by atoms with Gasteiger partial charge in [-0.15, -0.1) is 0 Å². The molecule has 0 aliphatic rings. The fourth-order valence-corrected chi connectivity index (χ4v) is 6.12. The van der Waals surface area contributed by atoms with Gasteiger partial charge in [0.15, 0.2) is 0 Å². The van der Waals surface area contributed by atoms with Crippen LogP contribution in [0.15, 0.2) is 35.2 Å². The molecule has 0 heterocycles. The van der Waals surface area contributed by atoms with Crippen molar-refractivity contribution >= 4 is 20.9 Å². The van der Waals surface area contributed by atoms with E-state index in [-0.39, 0.29) is 4.90 Å². The molecule has 0 amide bonds. The van der Waals surface area contributed by atoms with Gasteiger partial charge in [0.1, 0.15) is 0 Å². The summed E-state index contributed by atoms with van der Waals surface area (Å²) in [4.78, 5) is -0.00299. The summed E-state index contributed by atoms with van der Waals surface area (Å²) in [5.41, 5.74) is 2.59. The molecule has 2 aromatic carbocycles. The van der Waals surface area contributed by atoms with Crippen molar-refractivity contribution < 1.29 is 13.0 Å². The average Bonchev–Trinajstić information content (AvgIpc) is 2.90. The third-order valence-electron chi connectivity index (χ3n) is 7.99. The number of unbranched alkanes of at least 4 members (excludes halogenated alkanes) is 18. The lowest BCUT2D eigenvalue weighted by Gasteiger charge is -2.12. The molecule has 0 saturated heterocycles. The fraction of sp³-hybridized carbons (Fsp3) is 0.706. The number of hydrogen-bond donors (Lipinski definition) is 1. The van der Waals surface area contributed by atoms with E-state index in [0.29, 0.717) is 0 Å². The Bertz CT molecular complexity index is 996. The smallest absolute Gasteiger partial charge is 0.282 e. The van der Waals surface area contributed by atoms with E-state index in [1.54, 1.807) is 6.07 Å². The average molecular weight is 545 g/mol. The second-order valence-corrected chi connectivity index (χ2v) is 12.9. The monoisotopic (exact) mass is 544 g/mol. The lowest BCUT2D eigenvalue weighted by molar-refractivity contribution is 0.483. The minimum Gasteiger partial charge on any atom is -0.282 e. The molecule has 0 saturated carbocycles. The van der Waals surface area contributed by atoms with Crippen LogP contribution in [0.25, 0.3) is 10.8 Å². The zero-order chi connectivity index (χ0) is 27.5. The molecule has 2 rings (SSSR count). The highest BCUT2D eigenvalue weighted by atomic mass is 32.2. The van der Waals surface area contributed by atoms with E-state index in [9.17, 15) is 13.0 Å². The van der Waals surface area contributed by atoms with Gasteiger partial charge in [-0.2, -0.15) is 8.42 Å². The van der Waals surface area contributed by atoms with Gasteiger partial charge in [0.25, 0.3) is 10.1 Å². The lowest BCUT2D eigenvalue weighted by atomic mass is 9.94. The number of benzene rings is 2. The third kappa shape index (κ3) is 13.6. The Labute approximate surface area is 235 Å². The summed E-state index contributed by atoms with van der Waals surface area (Å²) in [6.07, 6.45) is 28.5. The maximum atomic E-state index is 11.8. The molecular formula is C34H56O3S. The van der Waals surface area contributed by atoms with Gasteiger partial charge in [-0.3, -0.25) is 4.55 Å². The highest BCUT2D eigenvalue weighted by Crippen LogP contribution is 2.27. The molecule has 0 radical (unpaired) electrons. The van der Waals surface area contributed by atoms with Gasteiger partial charge in [0.2, 0.25) is 0 Å². The van der Waals surface area contributed by atoms with Crippen LogP contribution in [0.2, 0.25) is 0 Å². The number of aryl methyl sites for hydroxylation is 2. The minimum atomic E-state index is -4.20. The van der Waals surface area contributed by atoms with Crippen molar-refractivity contribution in [1.29, 1.82) is 0 Å². The highest BCUT2D eigenvalue weighted by Gasteiger charge is 2.13. The Morgan fingerprint density at radius 1 is 0.553 bits per heavy atom. The Kier molecular flexibility index (Phi) is 17.0. The van der Waals surface area contributed by atoms with Crippen molar-refractivity contribution in [2.24, 2.45) is 0 Å². The van der Waals surface area contributed by atoms with E-state index < -0.39 is 10.1 Å². The van der Waals surface area contributed by atoms with Crippen LogP contribution < -0.4 is 0 Å². The molecule has 216 valence electrons. The summed E-state index contributed by atoms with van der Waals surface area (Å²) in [6.45, 7) is 4.54. The number of hydrogen-bond acceptors (Lipinski definition) is 2. The van der Waals surface area contributed by atoms with Crippen LogP contribution >= 0.6 is 0 Å². The van der Waals surface area contributed by atoms with Crippen molar-refractivity contribution in [1.82, 2.24) is 0 Å². The first-order chi connectivity index (χ1) is 18.5. The zero-order valence-corrected chi connectivity index (χ0v) is 25.4. The Morgan fingerprint density at radius 3 is 1.47 bits per heavy atom. The second-order valence-electron chi connectivity index (χ2n) is 11.5. The Balaban J connectivity index is 1.86. The molecule has 0 atom stereocenters. The first-order valence-electron chi connectivity index (χ1n) is 16.0. The molecule has 0 aliphatic heterocycles. The largest absolute Gasteiger partial charge is 0.294 e. The van der Waals surface area contributed by atoms with Gasteiger partial charge in [-0.1, -0.05) is 148 Å². The quantitative estimate of drug-likeness (QED) is 0.112. The molecule has 4 heteroatoms. The third-order valence-corrected chi connectivity index (χ3v) is 8.84. The van der Waals surface area contributed by atoms with E-state index >= 15 is 0 Å². The van der Waals surface area contributed by atoms with Gasteiger partial charge in [0, 0.05) is 0 Å². The standard InChI is InChI=1S/C34H56O3S/c1-3-5-7-9-11-13-15-17-19-21-23-30-27-31(24-22-20-18-16-14-12-10-8-6-4-2)34-29-33(38(35,36)37)26-25-32(34)28-30/h25-29H,3-24H2,1-2H3,(H,35,36,37). The molecular weight excluding hydrogens is 488 g/mol. The van der Waals surface area contributed by atoms with Crippen LogP contribution in [0, 0.1) is 0 Å². The molecule has 2 aromatic rings. The minimum absolute atomic E-state index is 0.00299. The zero-order valence-electron chi connectivity index (χ0n) is 24.6. The fourth-order valence-electron chi connectivity index (χ4n) is 5.61. The summed E-state index contributed by atoms with van der Waals surface area (Å²) in [5, 5.41) is 2.06. The van der Waals surface area contributed by atoms with Crippen LogP contribution in [0.3, 0.4) is 0 Å². The van der Waals surface area contributed by atoms with Crippen molar-refractivity contribution in [2.75, 3.05) is 0 Å². The summed E-state index contributed by atoms with van der Waals surface area (Å²) in [7, 11) is -4.20. The number of rotatable bonds is 23. The van der Waals surface area contributed by atoms with Crippen molar-refractivity contribution in [3.63, 3.8) is 0 Å². The SMILES string of the molecule is CCCCCCCCCCCCc1cc(CCCCCCCCCCCC)c2cc(S(=O)(=O)O)ccc2c1. The van der Waals surface area contributed by atoms with Gasteiger partial charge >= 0.3 is 0 Å². The molecule has 0 spiro atoms. The highest BCUT2D eigenvalue weighted by molar-refractivity contribution is 7.85. The molecule has 0 aromatic heterocycles. The Morgan fingerprint density at radius 2 is 1.00 bits per heavy atom. The molecule has 3 nitrogen and oxygen atoms in total. The predicted molar refractivity (Wildman–Crippen MR) is 165 cm³/mol. The summed E-state index contributed by atoms with van der Waals surface area (Å²) in [5.74, 6) is 0. The van der Waals surface area contributed by atoms with Crippen molar-refractivity contribution in [2.45, 2.75) is 160 Å². The van der Waals surface area contributed by atoms with E-state index in [2.05, 4.69) is 26.0 Å².